The first-order valence-corrected chi connectivity index (χ1v) is 6.75. The van der Waals surface area contributed by atoms with Gasteiger partial charge < -0.3 is 4.74 Å². The standard InChI is InChI=1S/C11H18N2O2S/c1-11(2,3)16(14)13-9(4-12)10-7-5-15-6-8(7)10/h7-10,13H,5-6H2,1-3H3/t7-,8+,9?,10?,16?. The number of nitrogens with zero attached hydrogens (tertiary/aromatic N) is 1. The zero-order valence-electron chi connectivity index (χ0n) is 9.90. The molecule has 0 bridgehead atoms. The minimum Gasteiger partial charge on any atom is -0.381 e. The van der Waals surface area contributed by atoms with Crippen LogP contribution in [0.4, 0.5) is 0 Å². The van der Waals surface area contributed by atoms with Crippen molar-refractivity contribution < 1.29 is 8.95 Å². The average Bonchev–Trinajstić information content (AvgIpc) is 2.68. The van der Waals surface area contributed by atoms with Gasteiger partial charge in [-0.05, 0) is 38.5 Å². The Bertz CT molecular complexity index is 335. The molecule has 4 nitrogen and oxygen atoms in total. The molecule has 16 heavy (non-hydrogen) atoms. The van der Waals surface area contributed by atoms with Gasteiger partial charge in [-0.25, -0.2) is 8.93 Å². The van der Waals surface area contributed by atoms with Crippen LogP contribution in [0.3, 0.4) is 0 Å². The van der Waals surface area contributed by atoms with Crippen LogP contribution in [0.25, 0.3) is 0 Å². The fraction of sp³-hybridized carbons (Fsp3) is 0.909. The summed E-state index contributed by atoms with van der Waals surface area (Å²) in [5.74, 6) is 1.35. The third-order valence-electron chi connectivity index (χ3n) is 3.33. The number of hydrogen-bond acceptors (Lipinski definition) is 3. The van der Waals surface area contributed by atoms with Gasteiger partial charge in [0.15, 0.2) is 0 Å². The largest absolute Gasteiger partial charge is 0.381 e. The molecule has 5 atom stereocenters. The predicted molar refractivity (Wildman–Crippen MR) is 61.7 cm³/mol. The van der Waals surface area contributed by atoms with E-state index in [2.05, 4.69) is 10.8 Å². The molecule has 1 N–H and O–H groups in total. The molecule has 3 unspecified atom stereocenters. The molecular weight excluding hydrogens is 224 g/mol. The highest BCUT2D eigenvalue weighted by molar-refractivity contribution is 7.84. The first kappa shape index (κ1) is 12.0. The molecule has 5 heteroatoms. The molecule has 2 aliphatic rings. The highest BCUT2D eigenvalue weighted by Gasteiger charge is 2.58. The highest BCUT2D eigenvalue weighted by Crippen LogP contribution is 2.52. The van der Waals surface area contributed by atoms with Crippen molar-refractivity contribution in [1.82, 2.24) is 4.72 Å². The van der Waals surface area contributed by atoms with Crippen molar-refractivity contribution in [2.75, 3.05) is 13.2 Å². The predicted octanol–water partition coefficient (Wildman–Crippen LogP) is 0.823. The summed E-state index contributed by atoms with van der Waals surface area (Å²) in [6, 6.07) is 1.94. The van der Waals surface area contributed by atoms with Crippen molar-refractivity contribution in [1.29, 1.82) is 5.26 Å². The second-order valence-electron chi connectivity index (χ2n) is 5.55. The minimum absolute atomic E-state index is 0.293. The minimum atomic E-state index is -1.17. The van der Waals surface area contributed by atoms with Gasteiger partial charge in [-0.3, -0.25) is 0 Å². The van der Waals surface area contributed by atoms with Crippen molar-refractivity contribution in [2.45, 2.75) is 31.6 Å². The topological polar surface area (TPSA) is 62.1 Å². The van der Waals surface area contributed by atoms with E-state index in [1.54, 1.807) is 0 Å². The third kappa shape index (κ3) is 2.15. The number of nitriles is 1. The maximum Gasteiger partial charge on any atom is 0.110 e. The van der Waals surface area contributed by atoms with Crippen LogP contribution in [0.5, 0.6) is 0 Å². The lowest BCUT2D eigenvalue weighted by atomic mass is 10.1. The maximum atomic E-state index is 11.9. The first-order chi connectivity index (χ1) is 7.45. The second kappa shape index (κ2) is 4.10. The monoisotopic (exact) mass is 242 g/mol. The molecule has 0 amide bonds. The average molecular weight is 242 g/mol. The Hall–Kier alpha value is -0.440. The van der Waals surface area contributed by atoms with Crippen LogP contribution in [0, 0.1) is 29.1 Å². The van der Waals surface area contributed by atoms with Crippen molar-refractivity contribution in [3.63, 3.8) is 0 Å². The number of hydrogen-bond donors (Lipinski definition) is 1. The second-order valence-corrected chi connectivity index (χ2v) is 7.55. The van der Waals surface area contributed by atoms with E-state index in [0.29, 0.717) is 17.8 Å². The van der Waals surface area contributed by atoms with Gasteiger partial charge in [-0.1, -0.05) is 0 Å². The van der Waals surface area contributed by atoms with Gasteiger partial charge in [0.25, 0.3) is 0 Å². The zero-order chi connectivity index (χ0) is 11.9. The van der Waals surface area contributed by atoms with Crippen LogP contribution in [-0.2, 0) is 15.7 Å². The molecule has 0 aromatic carbocycles. The lowest BCUT2D eigenvalue weighted by molar-refractivity contribution is 0.148. The van der Waals surface area contributed by atoms with E-state index >= 15 is 0 Å². The summed E-state index contributed by atoms with van der Waals surface area (Å²) in [5.41, 5.74) is 0. The van der Waals surface area contributed by atoms with Crippen molar-refractivity contribution >= 4 is 11.0 Å². The van der Waals surface area contributed by atoms with Crippen LogP contribution < -0.4 is 4.72 Å². The van der Waals surface area contributed by atoms with Gasteiger partial charge in [0.05, 0.1) is 35.0 Å². The molecule has 1 aliphatic carbocycles. The quantitative estimate of drug-likeness (QED) is 0.797. The van der Waals surface area contributed by atoms with Gasteiger partial charge in [-0.2, -0.15) is 5.26 Å². The van der Waals surface area contributed by atoms with Crippen molar-refractivity contribution in [3.05, 3.63) is 0 Å². The van der Waals surface area contributed by atoms with Crippen LogP contribution in [0.1, 0.15) is 20.8 Å². The Morgan fingerprint density at radius 1 is 1.44 bits per heavy atom. The Balaban J connectivity index is 1.93. The van der Waals surface area contributed by atoms with Crippen molar-refractivity contribution in [3.8, 4) is 6.07 Å². The zero-order valence-corrected chi connectivity index (χ0v) is 10.7. The summed E-state index contributed by atoms with van der Waals surface area (Å²) in [4.78, 5) is 0. The van der Waals surface area contributed by atoms with Gasteiger partial charge in [-0.15, -0.1) is 0 Å². The molecule has 0 radical (unpaired) electrons. The summed E-state index contributed by atoms with van der Waals surface area (Å²) >= 11 is 0. The highest BCUT2D eigenvalue weighted by atomic mass is 32.2. The van der Waals surface area contributed by atoms with E-state index in [1.165, 1.54) is 0 Å². The smallest absolute Gasteiger partial charge is 0.110 e. The number of ether oxygens (including phenoxy) is 1. The van der Waals surface area contributed by atoms with Crippen LogP contribution in [-0.4, -0.2) is 28.2 Å². The molecule has 90 valence electrons. The Morgan fingerprint density at radius 3 is 2.44 bits per heavy atom. The van der Waals surface area contributed by atoms with Gasteiger partial charge in [0.1, 0.15) is 6.04 Å². The molecule has 2 rings (SSSR count). The summed E-state index contributed by atoms with van der Waals surface area (Å²) in [5, 5.41) is 9.12. The van der Waals surface area contributed by atoms with E-state index in [4.69, 9.17) is 10.00 Å². The van der Waals surface area contributed by atoms with E-state index in [1.807, 2.05) is 20.8 Å². The molecule has 0 aromatic rings. The number of fused-ring (bicyclic) bond motifs is 1. The maximum absolute atomic E-state index is 11.9. The lowest BCUT2D eigenvalue weighted by Crippen LogP contribution is -2.41. The summed E-state index contributed by atoms with van der Waals surface area (Å²) in [7, 11) is -1.17. The Labute approximate surface area is 98.9 Å². The third-order valence-corrected chi connectivity index (χ3v) is 4.91. The molecule has 1 aliphatic heterocycles. The Morgan fingerprint density at radius 2 is 2.00 bits per heavy atom. The first-order valence-electron chi connectivity index (χ1n) is 5.60. The normalized spacial score (nSPS) is 36.2. The van der Waals surface area contributed by atoms with Gasteiger partial charge in [0.2, 0.25) is 0 Å². The molecule has 0 aromatic heterocycles. The molecule has 1 heterocycles. The molecule has 2 fully saturated rings. The summed E-state index contributed by atoms with van der Waals surface area (Å²) < 4.78 is 19.8. The van der Waals surface area contributed by atoms with E-state index in [-0.39, 0.29) is 10.8 Å². The SMILES string of the molecule is CC(C)(C)S(=O)NC(C#N)C1[C@H]2COC[C@@H]12. The number of rotatable bonds is 3. The molecule has 0 spiro atoms. The number of nitrogens with one attached hydrogen (secondary N) is 1. The van der Waals surface area contributed by atoms with E-state index in [9.17, 15) is 4.21 Å². The van der Waals surface area contributed by atoms with Gasteiger partial charge in [0, 0.05) is 0 Å². The summed E-state index contributed by atoms with van der Waals surface area (Å²) in [6.07, 6.45) is 0. The fourth-order valence-corrected chi connectivity index (χ4v) is 3.06. The lowest BCUT2D eigenvalue weighted by Gasteiger charge is -2.21. The Kier molecular flexibility index (Phi) is 3.08. The summed E-state index contributed by atoms with van der Waals surface area (Å²) in [6.45, 7) is 7.23. The van der Waals surface area contributed by atoms with Crippen LogP contribution in [0.2, 0.25) is 0 Å². The van der Waals surface area contributed by atoms with E-state index in [0.717, 1.165) is 13.2 Å². The fourth-order valence-electron chi connectivity index (χ4n) is 2.26. The molecular formula is C11H18N2O2S. The van der Waals surface area contributed by atoms with E-state index < -0.39 is 11.0 Å². The van der Waals surface area contributed by atoms with Crippen molar-refractivity contribution in [2.24, 2.45) is 17.8 Å². The van der Waals surface area contributed by atoms with Crippen LogP contribution >= 0.6 is 0 Å². The van der Waals surface area contributed by atoms with Gasteiger partial charge >= 0.3 is 0 Å². The molecule has 1 saturated carbocycles. The van der Waals surface area contributed by atoms with Crippen LogP contribution in [0.15, 0.2) is 0 Å². The molecule has 1 saturated heterocycles.